The van der Waals surface area contributed by atoms with Crippen LogP contribution in [0.1, 0.15) is 18.4 Å². The van der Waals surface area contributed by atoms with E-state index in [-0.39, 0.29) is 12.2 Å². The van der Waals surface area contributed by atoms with E-state index < -0.39 is 72.6 Å². The fourth-order valence-electron chi connectivity index (χ4n) is 2.73. The lowest BCUT2D eigenvalue weighted by Gasteiger charge is -2.23. The van der Waals surface area contributed by atoms with Crippen molar-refractivity contribution < 1.29 is 44.1 Å². The molecule has 0 heterocycles. The average Bonchev–Trinajstić information content (AvgIpc) is 2.75. The van der Waals surface area contributed by atoms with Gasteiger partial charge in [0.1, 0.15) is 18.1 Å². The van der Waals surface area contributed by atoms with Gasteiger partial charge in [-0.2, -0.15) is 12.6 Å². The molecule has 0 aliphatic carbocycles. The number of carbonyl (C=O) groups excluding carboxylic acids is 3. The van der Waals surface area contributed by atoms with E-state index >= 15 is 0 Å². The normalized spacial score (nSPS) is 14.1. The molecular weight excluding hydrogens is 472 g/mol. The highest BCUT2D eigenvalue weighted by Gasteiger charge is 2.31. The Hall–Kier alpha value is -3.65. The van der Waals surface area contributed by atoms with Gasteiger partial charge < -0.3 is 37.0 Å². The number of hydrogen-bond acceptors (Lipinski definition) is 8. The fourth-order valence-corrected chi connectivity index (χ4v) is 2.99. The summed E-state index contributed by atoms with van der Waals surface area (Å²) in [7, 11) is 0. The van der Waals surface area contributed by atoms with E-state index in [1.54, 1.807) is 30.3 Å². The second-order valence-electron chi connectivity index (χ2n) is 7.20. The molecule has 14 heteroatoms. The molecule has 186 valence electrons. The standard InChI is InChI=1S/C20H26N4O9S/c21-11(7-15(25)26)17(29)22-12(8-16(27)28)18(30)24-14(9-34)19(31)23-13(20(32)33)6-10-4-2-1-3-5-10/h1-5,11-14,34H,6-9,21H2,(H,22,29)(H,23,31)(H,24,30)(H,25,26)(H,27,28)(H,32,33). The maximum Gasteiger partial charge on any atom is 0.326 e. The molecule has 0 saturated carbocycles. The smallest absolute Gasteiger partial charge is 0.326 e. The van der Waals surface area contributed by atoms with Gasteiger partial charge in [-0.3, -0.25) is 24.0 Å². The molecule has 0 aliphatic heterocycles. The second-order valence-corrected chi connectivity index (χ2v) is 7.56. The van der Waals surface area contributed by atoms with Gasteiger partial charge >= 0.3 is 17.9 Å². The molecule has 4 atom stereocenters. The molecule has 8 N–H and O–H groups in total. The molecule has 0 bridgehead atoms. The highest BCUT2D eigenvalue weighted by atomic mass is 32.1. The van der Waals surface area contributed by atoms with Crippen LogP contribution in [0.15, 0.2) is 30.3 Å². The zero-order chi connectivity index (χ0) is 25.8. The molecule has 1 aromatic rings. The van der Waals surface area contributed by atoms with Crippen molar-refractivity contribution in [1.82, 2.24) is 16.0 Å². The summed E-state index contributed by atoms with van der Waals surface area (Å²) in [5, 5.41) is 33.7. The largest absolute Gasteiger partial charge is 0.481 e. The van der Waals surface area contributed by atoms with Crippen LogP contribution in [0.25, 0.3) is 0 Å². The number of carboxylic acid groups (broad SMARTS) is 3. The predicted octanol–water partition coefficient (Wildman–Crippen LogP) is -2.03. The molecule has 0 radical (unpaired) electrons. The number of benzene rings is 1. The van der Waals surface area contributed by atoms with E-state index in [4.69, 9.17) is 15.9 Å². The number of amides is 3. The first-order chi connectivity index (χ1) is 15.9. The van der Waals surface area contributed by atoms with Crippen LogP contribution in [-0.2, 0) is 35.2 Å². The van der Waals surface area contributed by atoms with Crippen LogP contribution in [-0.4, -0.2) is 80.9 Å². The van der Waals surface area contributed by atoms with Gasteiger partial charge in [-0.1, -0.05) is 30.3 Å². The van der Waals surface area contributed by atoms with Gasteiger partial charge in [0.2, 0.25) is 17.7 Å². The lowest BCUT2D eigenvalue weighted by atomic mass is 10.1. The zero-order valence-corrected chi connectivity index (χ0v) is 18.7. The van der Waals surface area contributed by atoms with E-state index in [1.165, 1.54) is 0 Å². The molecule has 0 saturated heterocycles. The topological polar surface area (TPSA) is 225 Å². The SMILES string of the molecule is NC(CC(=O)O)C(=O)NC(CC(=O)O)C(=O)NC(CS)C(=O)NC(Cc1ccccc1)C(=O)O. The maximum atomic E-state index is 12.6. The van der Waals surface area contributed by atoms with Gasteiger partial charge in [-0.05, 0) is 5.56 Å². The summed E-state index contributed by atoms with van der Waals surface area (Å²) in [6.45, 7) is 0. The number of nitrogens with one attached hydrogen (secondary N) is 3. The minimum atomic E-state index is -1.68. The van der Waals surface area contributed by atoms with Crippen molar-refractivity contribution in [2.45, 2.75) is 43.4 Å². The maximum absolute atomic E-state index is 12.6. The molecule has 1 rings (SSSR count). The predicted molar refractivity (Wildman–Crippen MR) is 120 cm³/mol. The van der Waals surface area contributed by atoms with Gasteiger partial charge in [0.25, 0.3) is 0 Å². The van der Waals surface area contributed by atoms with Gasteiger partial charge in [-0.15, -0.1) is 0 Å². The highest BCUT2D eigenvalue weighted by molar-refractivity contribution is 7.80. The first-order valence-electron chi connectivity index (χ1n) is 9.92. The summed E-state index contributed by atoms with van der Waals surface area (Å²) in [5.74, 6) is -7.49. The van der Waals surface area contributed by atoms with Gasteiger partial charge in [0, 0.05) is 12.2 Å². The van der Waals surface area contributed by atoms with Gasteiger partial charge in [0.15, 0.2) is 0 Å². The van der Waals surface area contributed by atoms with Crippen LogP contribution >= 0.6 is 12.6 Å². The molecular formula is C20H26N4O9S. The third kappa shape index (κ3) is 9.87. The Morgan fingerprint density at radius 1 is 0.765 bits per heavy atom. The Kier molecular flexibility index (Phi) is 11.5. The molecule has 4 unspecified atom stereocenters. The number of hydrogen-bond donors (Lipinski definition) is 8. The average molecular weight is 499 g/mol. The van der Waals surface area contributed by atoms with Crippen molar-refractivity contribution >= 4 is 48.3 Å². The molecule has 0 spiro atoms. The Morgan fingerprint density at radius 2 is 1.26 bits per heavy atom. The van der Waals surface area contributed by atoms with Crippen LogP contribution in [0.3, 0.4) is 0 Å². The lowest BCUT2D eigenvalue weighted by Crippen LogP contribution is -2.58. The summed E-state index contributed by atoms with van der Waals surface area (Å²) in [6.07, 6.45) is -1.68. The van der Waals surface area contributed by atoms with Gasteiger partial charge in [0.05, 0.1) is 18.9 Å². The molecule has 1 aromatic carbocycles. The van der Waals surface area contributed by atoms with Crippen molar-refractivity contribution in [2.24, 2.45) is 5.73 Å². The fraction of sp³-hybridized carbons (Fsp3) is 0.400. The van der Waals surface area contributed by atoms with Crippen molar-refractivity contribution in [2.75, 3.05) is 5.75 Å². The molecule has 0 aliphatic rings. The molecule has 0 aromatic heterocycles. The Bertz CT molecular complexity index is 913. The summed E-state index contributed by atoms with van der Waals surface area (Å²) in [6, 6.07) is 2.58. The van der Waals surface area contributed by atoms with Crippen molar-refractivity contribution in [3.05, 3.63) is 35.9 Å². The van der Waals surface area contributed by atoms with E-state index in [1.807, 2.05) is 5.32 Å². The Morgan fingerprint density at radius 3 is 1.76 bits per heavy atom. The number of nitrogens with two attached hydrogens (primary N) is 1. The molecule has 34 heavy (non-hydrogen) atoms. The van der Waals surface area contributed by atoms with Crippen LogP contribution in [0, 0.1) is 0 Å². The number of carbonyl (C=O) groups is 6. The van der Waals surface area contributed by atoms with Crippen molar-refractivity contribution in [3.63, 3.8) is 0 Å². The van der Waals surface area contributed by atoms with Crippen molar-refractivity contribution in [3.8, 4) is 0 Å². The minimum absolute atomic E-state index is 0.0334. The number of carboxylic acids is 3. The monoisotopic (exact) mass is 498 g/mol. The third-order valence-corrected chi connectivity index (χ3v) is 4.82. The number of rotatable bonds is 14. The van der Waals surface area contributed by atoms with Crippen LogP contribution in [0.4, 0.5) is 0 Å². The summed E-state index contributed by atoms with van der Waals surface area (Å²) in [4.78, 5) is 70.6. The Balaban J connectivity index is 2.88. The van der Waals surface area contributed by atoms with E-state index in [9.17, 15) is 33.9 Å². The molecule has 3 amide bonds. The molecule has 13 nitrogen and oxygen atoms in total. The van der Waals surface area contributed by atoms with E-state index in [0.717, 1.165) is 0 Å². The second kappa shape index (κ2) is 13.8. The first kappa shape index (κ1) is 28.4. The lowest BCUT2D eigenvalue weighted by molar-refractivity contribution is -0.143. The van der Waals surface area contributed by atoms with E-state index in [2.05, 4.69) is 23.3 Å². The minimum Gasteiger partial charge on any atom is -0.481 e. The third-order valence-electron chi connectivity index (χ3n) is 4.46. The number of thiol groups is 1. The number of aliphatic carboxylic acids is 3. The zero-order valence-electron chi connectivity index (χ0n) is 17.8. The quantitative estimate of drug-likeness (QED) is 0.131. The van der Waals surface area contributed by atoms with Crippen LogP contribution < -0.4 is 21.7 Å². The summed E-state index contributed by atoms with van der Waals surface area (Å²) in [5.41, 5.74) is 6.06. The van der Waals surface area contributed by atoms with Crippen molar-refractivity contribution in [1.29, 1.82) is 0 Å². The Labute approximate surface area is 199 Å². The van der Waals surface area contributed by atoms with Crippen LogP contribution in [0.5, 0.6) is 0 Å². The van der Waals surface area contributed by atoms with E-state index in [0.29, 0.717) is 5.56 Å². The van der Waals surface area contributed by atoms with Crippen LogP contribution in [0.2, 0.25) is 0 Å². The highest BCUT2D eigenvalue weighted by Crippen LogP contribution is 2.05. The van der Waals surface area contributed by atoms with Gasteiger partial charge in [-0.25, -0.2) is 4.79 Å². The first-order valence-corrected chi connectivity index (χ1v) is 10.6. The summed E-state index contributed by atoms with van der Waals surface area (Å²) < 4.78 is 0. The molecule has 0 fully saturated rings. The summed E-state index contributed by atoms with van der Waals surface area (Å²) >= 11 is 3.97.